The lowest BCUT2D eigenvalue weighted by Crippen LogP contribution is -2.19. The largest absolute Gasteiger partial charge is 0.407 e. The number of methoxy groups -OCH3 is 1. The summed E-state index contributed by atoms with van der Waals surface area (Å²) in [7, 11) is 5.45. The van der Waals surface area contributed by atoms with Gasteiger partial charge in [-0.2, -0.15) is 0 Å². The smallest absolute Gasteiger partial charge is 0.317 e. The zero-order chi connectivity index (χ0) is 11.1. The molecule has 0 saturated heterocycles. The molecule has 0 aliphatic rings. The Morgan fingerprint density at radius 2 is 2.27 bits per heavy atom. The molecule has 0 spiro atoms. The number of rotatable bonds is 7. The maximum Gasteiger partial charge on any atom is 0.317 e. The fourth-order valence-corrected chi connectivity index (χ4v) is 1.16. The fraction of sp³-hybridized carbons (Fsp3) is 0.778. The Bertz CT molecular complexity index is 277. The molecular formula is C9H18N4O2. The van der Waals surface area contributed by atoms with Gasteiger partial charge in [0, 0.05) is 27.3 Å². The Balaban J connectivity index is 2.39. The highest BCUT2D eigenvalue weighted by Crippen LogP contribution is 2.10. The van der Waals surface area contributed by atoms with E-state index in [1.165, 1.54) is 0 Å². The van der Waals surface area contributed by atoms with Crippen LogP contribution in [0.15, 0.2) is 4.42 Å². The molecule has 6 nitrogen and oxygen atoms in total. The summed E-state index contributed by atoms with van der Waals surface area (Å²) in [6.07, 6.45) is 0.941. The number of hydrogen-bond donors (Lipinski definition) is 1. The van der Waals surface area contributed by atoms with Gasteiger partial charge >= 0.3 is 6.01 Å². The third kappa shape index (κ3) is 3.85. The average molecular weight is 214 g/mol. The van der Waals surface area contributed by atoms with Crippen LogP contribution in [-0.2, 0) is 11.3 Å². The molecule has 1 heterocycles. The summed E-state index contributed by atoms with van der Waals surface area (Å²) in [6, 6.07) is 0.552. The maximum atomic E-state index is 5.42. The van der Waals surface area contributed by atoms with Gasteiger partial charge in [-0.25, -0.2) is 0 Å². The number of anilines is 1. The molecule has 1 aromatic rings. The second kappa shape index (κ2) is 6.36. The Morgan fingerprint density at radius 3 is 2.93 bits per heavy atom. The number of nitrogens with zero attached hydrogens (tertiary/aromatic N) is 3. The van der Waals surface area contributed by atoms with Crippen LogP contribution in [0.3, 0.4) is 0 Å². The van der Waals surface area contributed by atoms with Crippen LogP contribution in [0.2, 0.25) is 0 Å². The van der Waals surface area contributed by atoms with Crippen LogP contribution in [-0.4, -0.2) is 44.6 Å². The van der Waals surface area contributed by atoms with Gasteiger partial charge in [-0.1, -0.05) is 5.10 Å². The lowest BCUT2D eigenvalue weighted by Gasteiger charge is -2.12. The van der Waals surface area contributed by atoms with Crippen molar-refractivity contribution in [3.63, 3.8) is 0 Å². The van der Waals surface area contributed by atoms with Crippen LogP contribution in [0.4, 0.5) is 6.01 Å². The quantitative estimate of drug-likeness (QED) is 0.657. The number of nitrogens with one attached hydrogen (secondary N) is 1. The van der Waals surface area contributed by atoms with Crippen molar-refractivity contribution in [3.05, 3.63) is 5.89 Å². The average Bonchev–Trinajstić information content (AvgIpc) is 2.67. The van der Waals surface area contributed by atoms with Gasteiger partial charge in [0.25, 0.3) is 0 Å². The SMILES string of the molecule is CNCc1nnc(N(C)CCCOC)o1. The van der Waals surface area contributed by atoms with E-state index in [0.29, 0.717) is 18.5 Å². The molecule has 0 fully saturated rings. The minimum atomic E-state index is 0.552. The van der Waals surface area contributed by atoms with Crippen molar-refractivity contribution in [2.45, 2.75) is 13.0 Å². The fourth-order valence-electron chi connectivity index (χ4n) is 1.16. The maximum absolute atomic E-state index is 5.42. The van der Waals surface area contributed by atoms with Gasteiger partial charge in [0.15, 0.2) is 0 Å². The molecule has 0 bridgehead atoms. The summed E-state index contributed by atoms with van der Waals surface area (Å²) in [5, 5.41) is 10.8. The first-order valence-electron chi connectivity index (χ1n) is 4.95. The van der Waals surface area contributed by atoms with Gasteiger partial charge < -0.3 is 19.4 Å². The van der Waals surface area contributed by atoms with Gasteiger partial charge in [0.1, 0.15) is 0 Å². The second-order valence-electron chi connectivity index (χ2n) is 3.28. The van der Waals surface area contributed by atoms with E-state index in [0.717, 1.165) is 19.6 Å². The molecule has 0 atom stereocenters. The van der Waals surface area contributed by atoms with Gasteiger partial charge in [-0.3, -0.25) is 0 Å². The number of hydrogen-bond acceptors (Lipinski definition) is 6. The van der Waals surface area contributed by atoms with E-state index in [4.69, 9.17) is 9.15 Å². The van der Waals surface area contributed by atoms with E-state index < -0.39 is 0 Å². The van der Waals surface area contributed by atoms with Crippen molar-refractivity contribution in [3.8, 4) is 0 Å². The third-order valence-corrected chi connectivity index (χ3v) is 1.95. The lowest BCUT2D eigenvalue weighted by atomic mass is 10.4. The van der Waals surface area contributed by atoms with E-state index in [9.17, 15) is 0 Å². The number of ether oxygens (including phenoxy) is 1. The molecule has 1 aromatic heterocycles. The summed E-state index contributed by atoms with van der Waals surface area (Å²) in [4.78, 5) is 1.92. The van der Waals surface area contributed by atoms with E-state index in [1.807, 2.05) is 19.0 Å². The Labute approximate surface area is 89.6 Å². The highest BCUT2D eigenvalue weighted by atomic mass is 16.5. The minimum Gasteiger partial charge on any atom is -0.407 e. The zero-order valence-electron chi connectivity index (χ0n) is 9.49. The Hall–Kier alpha value is -1.14. The molecule has 0 radical (unpaired) electrons. The first-order valence-corrected chi connectivity index (χ1v) is 4.95. The van der Waals surface area contributed by atoms with Crippen LogP contribution in [0.5, 0.6) is 0 Å². The molecule has 6 heteroatoms. The van der Waals surface area contributed by atoms with Crippen molar-refractivity contribution in [1.82, 2.24) is 15.5 Å². The molecule has 0 aromatic carbocycles. The normalized spacial score (nSPS) is 10.6. The van der Waals surface area contributed by atoms with E-state index in [2.05, 4.69) is 15.5 Å². The van der Waals surface area contributed by atoms with Crippen molar-refractivity contribution in [1.29, 1.82) is 0 Å². The van der Waals surface area contributed by atoms with Crippen LogP contribution in [0, 0.1) is 0 Å². The van der Waals surface area contributed by atoms with Crippen molar-refractivity contribution in [2.24, 2.45) is 0 Å². The predicted octanol–water partition coefficient (Wildman–Crippen LogP) is 0.262. The Kier molecular flexibility index (Phi) is 5.06. The Morgan fingerprint density at radius 1 is 1.47 bits per heavy atom. The standard InChI is InChI=1S/C9H18N4O2/c1-10-7-8-11-12-9(15-8)13(2)5-4-6-14-3/h10H,4-7H2,1-3H3. The first kappa shape index (κ1) is 11.9. The summed E-state index contributed by atoms with van der Waals surface area (Å²) >= 11 is 0. The van der Waals surface area contributed by atoms with E-state index >= 15 is 0 Å². The second-order valence-corrected chi connectivity index (χ2v) is 3.28. The summed E-state index contributed by atoms with van der Waals surface area (Å²) in [5.41, 5.74) is 0. The van der Waals surface area contributed by atoms with E-state index in [-0.39, 0.29) is 0 Å². The monoisotopic (exact) mass is 214 g/mol. The zero-order valence-corrected chi connectivity index (χ0v) is 9.49. The molecular weight excluding hydrogens is 196 g/mol. The van der Waals surface area contributed by atoms with Gasteiger partial charge in [0.2, 0.25) is 5.89 Å². The molecule has 86 valence electrons. The molecule has 0 aliphatic carbocycles. The third-order valence-electron chi connectivity index (χ3n) is 1.95. The van der Waals surface area contributed by atoms with Crippen molar-refractivity contribution < 1.29 is 9.15 Å². The predicted molar refractivity (Wildman–Crippen MR) is 56.8 cm³/mol. The van der Waals surface area contributed by atoms with Gasteiger partial charge in [0.05, 0.1) is 6.54 Å². The molecule has 15 heavy (non-hydrogen) atoms. The summed E-state index contributed by atoms with van der Waals surface area (Å²) < 4.78 is 10.4. The van der Waals surface area contributed by atoms with Crippen molar-refractivity contribution in [2.75, 3.05) is 39.3 Å². The topological polar surface area (TPSA) is 63.4 Å². The summed E-state index contributed by atoms with van der Waals surface area (Å²) in [6.45, 7) is 2.18. The van der Waals surface area contributed by atoms with Crippen molar-refractivity contribution >= 4 is 6.01 Å². The molecule has 0 amide bonds. The van der Waals surface area contributed by atoms with Crippen LogP contribution >= 0.6 is 0 Å². The van der Waals surface area contributed by atoms with E-state index in [1.54, 1.807) is 7.11 Å². The van der Waals surface area contributed by atoms with Crippen LogP contribution in [0.25, 0.3) is 0 Å². The molecule has 0 aliphatic heterocycles. The lowest BCUT2D eigenvalue weighted by molar-refractivity contribution is 0.196. The highest BCUT2D eigenvalue weighted by Gasteiger charge is 2.09. The van der Waals surface area contributed by atoms with Crippen LogP contribution in [0.1, 0.15) is 12.3 Å². The van der Waals surface area contributed by atoms with Crippen LogP contribution < -0.4 is 10.2 Å². The number of aromatic nitrogens is 2. The minimum absolute atomic E-state index is 0.552. The molecule has 0 saturated carbocycles. The highest BCUT2D eigenvalue weighted by molar-refractivity contribution is 5.21. The summed E-state index contributed by atoms with van der Waals surface area (Å²) in [5.74, 6) is 0.603. The molecule has 1 N–H and O–H groups in total. The van der Waals surface area contributed by atoms with Gasteiger partial charge in [-0.05, 0) is 13.5 Å². The first-order chi connectivity index (χ1) is 7.27. The van der Waals surface area contributed by atoms with Gasteiger partial charge in [-0.15, -0.1) is 5.10 Å². The molecule has 1 rings (SSSR count). The molecule has 0 unspecified atom stereocenters.